The Morgan fingerprint density at radius 2 is 2.21 bits per heavy atom. The van der Waals surface area contributed by atoms with Crippen LogP contribution in [0.5, 0.6) is 0 Å². The lowest BCUT2D eigenvalue weighted by Gasteiger charge is -2.21. The van der Waals surface area contributed by atoms with Gasteiger partial charge in [-0.05, 0) is 40.9 Å². The third-order valence-electron chi connectivity index (χ3n) is 2.26. The summed E-state index contributed by atoms with van der Waals surface area (Å²) in [5.74, 6) is 0.565. The average molecular weight is 260 g/mol. The molecule has 1 atom stereocenters. The van der Waals surface area contributed by atoms with Gasteiger partial charge in [0, 0.05) is 11.6 Å². The van der Waals surface area contributed by atoms with Crippen LogP contribution in [0.4, 0.5) is 0 Å². The molecule has 0 saturated carbocycles. The molecule has 0 radical (unpaired) electrons. The molecule has 0 aliphatic carbocycles. The first-order valence-corrected chi connectivity index (χ1v) is 5.92. The van der Waals surface area contributed by atoms with Crippen molar-refractivity contribution in [1.82, 2.24) is 5.32 Å². The SMILES string of the molecule is CCCNC(c1ccoc1Br)C(C)C. The highest BCUT2D eigenvalue weighted by atomic mass is 79.9. The summed E-state index contributed by atoms with van der Waals surface area (Å²) in [5.41, 5.74) is 1.22. The summed E-state index contributed by atoms with van der Waals surface area (Å²) in [6.07, 6.45) is 2.88. The van der Waals surface area contributed by atoms with Crippen molar-refractivity contribution in [2.24, 2.45) is 5.92 Å². The fourth-order valence-electron chi connectivity index (χ4n) is 1.53. The standard InChI is InChI=1S/C11H18BrNO/c1-4-6-13-10(8(2)3)9-5-7-14-11(9)12/h5,7-8,10,13H,4,6H2,1-3H3. The first kappa shape index (κ1) is 11.8. The van der Waals surface area contributed by atoms with Crippen molar-refractivity contribution >= 4 is 15.9 Å². The van der Waals surface area contributed by atoms with Gasteiger partial charge in [-0.25, -0.2) is 0 Å². The highest BCUT2D eigenvalue weighted by molar-refractivity contribution is 9.10. The molecule has 1 unspecified atom stereocenters. The molecular formula is C11H18BrNO. The molecule has 0 fully saturated rings. The molecule has 80 valence electrons. The summed E-state index contributed by atoms with van der Waals surface area (Å²) in [4.78, 5) is 0. The van der Waals surface area contributed by atoms with Gasteiger partial charge in [0.15, 0.2) is 4.67 Å². The van der Waals surface area contributed by atoms with Crippen LogP contribution in [0.3, 0.4) is 0 Å². The Kier molecular flexibility index (Phi) is 4.69. The lowest BCUT2D eigenvalue weighted by Crippen LogP contribution is -2.26. The number of nitrogens with one attached hydrogen (secondary N) is 1. The molecule has 3 heteroatoms. The highest BCUT2D eigenvalue weighted by Crippen LogP contribution is 2.29. The maximum absolute atomic E-state index is 5.25. The van der Waals surface area contributed by atoms with E-state index in [1.807, 2.05) is 6.07 Å². The van der Waals surface area contributed by atoms with Crippen molar-refractivity contribution < 1.29 is 4.42 Å². The first-order chi connectivity index (χ1) is 6.66. The maximum Gasteiger partial charge on any atom is 0.173 e. The zero-order valence-electron chi connectivity index (χ0n) is 9.01. The van der Waals surface area contributed by atoms with Gasteiger partial charge < -0.3 is 9.73 Å². The van der Waals surface area contributed by atoms with Gasteiger partial charge in [0.2, 0.25) is 0 Å². The van der Waals surface area contributed by atoms with E-state index < -0.39 is 0 Å². The van der Waals surface area contributed by atoms with Crippen molar-refractivity contribution in [2.75, 3.05) is 6.54 Å². The molecule has 1 heterocycles. The van der Waals surface area contributed by atoms with Crippen LogP contribution in [0.15, 0.2) is 21.4 Å². The van der Waals surface area contributed by atoms with Gasteiger partial charge >= 0.3 is 0 Å². The highest BCUT2D eigenvalue weighted by Gasteiger charge is 2.18. The third-order valence-corrected chi connectivity index (χ3v) is 2.91. The van der Waals surface area contributed by atoms with Gasteiger partial charge in [0.1, 0.15) is 0 Å². The average Bonchev–Trinajstić information content (AvgIpc) is 2.52. The summed E-state index contributed by atoms with van der Waals surface area (Å²) < 4.78 is 6.10. The number of hydrogen-bond acceptors (Lipinski definition) is 2. The van der Waals surface area contributed by atoms with Crippen LogP contribution in [-0.2, 0) is 0 Å². The van der Waals surface area contributed by atoms with E-state index in [1.165, 1.54) is 5.56 Å². The zero-order valence-corrected chi connectivity index (χ0v) is 10.6. The Morgan fingerprint density at radius 3 is 2.64 bits per heavy atom. The van der Waals surface area contributed by atoms with Crippen LogP contribution in [0.2, 0.25) is 0 Å². The molecule has 0 saturated heterocycles. The summed E-state index contributed by atoms with van der Waals surface area (Å²) >= 11 is 3.42. The van der Waals surface area contributed by atoms with Crippen LogP contribution in [0.1, 0.15) is 38.8 Å². The predicted molar refractivity (Wildman–Crippen MR) is 62.3 cm³/mol. The van der Waals surface area contributed by atoms with Gasteiger partial charge in [-0.3, -0.25) is 0 Å². The number of rotatable bonds is 5. The topological polar surface area (TPSA) is 25.2 Å². The third kappa shape index (κ3) is 2.85. The molecule has 0 bridgehead atoms. The molecule has 0 aromatic carbocycles. The minimum absolute atomic E-state index is 0.378. The second-order valence-electron chi connectivity index (χ2n) is 3.83. The molecule has 1 rings (SSSR count). The van der Waals surface area contributed by atoms with Crippen LogP contribution in [-0.4, -0.2) is 6.54 Å². The molecule has 0 aliphatic rings. The molecule has 1 aromatic heterocycles. The van der Waals surface area contributed by atoms with Crippen LogP contribution in [0, 0.1) is 5.92 Å². The molecule has 0 spiro atoms. The molecular weight excluding hydrogens is 242 g/mol. The molecule has 14 heavy (non-hydrogen) atoms. The Morgan fingerprint density at radius 1 is 1.50 bits per heavy atom. The summed E-state index contributed by atoms with van der Waals surface area (Å²) in [6, 6.07) is 2.40. The molecule has 1 aromatic rings. The first-order valence-electron chi connectivity index (χ1n) is 5.13. The van der Waals surface area contributed by atoms with E-state index in [2.05, 4.69) is 42.0 Å². The Bertz CT molecular complexity index is 270. The normalized spacial score (nSPS) is 13.5. The lowest BCUT2D eigenvalue weighted by atomic mass is 9.98. The second-order valence-corrected chi connectivity index (χ2v) is 4.55. The quantitative estimate of drug-likeness (QED) is 0.872. The fraction of sp³-hybridized carbons (Fsp3) is 0.636. The van der Waals surface area contributed by atoms with Crippen LogP contribution >= 0.6 is 15.9 Å². The Hall–Kier alpha value is -0.280. The van der Waals surface area contributed by atoms with Crippen LogP contribution < -0.4 is 5.32 Å². The zero-order chi connectivity index (χ0) is 10.6. The van der Waals surface area contributed by atoms with E-state index in [4.69, 9.17) is 4.42 Å². The van der Waals surface area contributed by atoms with E-state index in [0.717, 1.165) is 17.6 Å². The van der Waals surface area contributed by atoms with E-state index >= 15 is 0 Å². The minimum atomic E-state index is 0.378. The molecule has 2 nitrogen and oxygen atoms in total. The van der Waals surface area contributed by atoms with Crippen molar-refractivity contribution in [3.8, 4) is 0 Å². The van der Waals surface area contributed by atoms with E-state index in [1.54, 1.807) is 6.26 Å². The molecule has 1 N–H and O–H groups in total. The van der Waals surface area contributed by atoms with E-state index in [-0.39, 0.29) is 0 Å². The predicted octanol–water partition coefficient (Wildman–Crippen LogP) is 3.74. The van der Waals surface area contributed by atoms with E-state index in [9.17, 15) is 0 Å². The number of halogens is 1. The molecule has 0 amide bonds. The molecule has 0 aliphatic heterocycles. The fourth-order valence-corrected chi connectivity index (χ4v) is 2.02. The van der Waals surface area contributed by atoms with Gasteiger partial charge in [-0.2, -0.15) is 0 Å². The van der Waals surface area contributed by atoms with Crippen molar-refractivity contribution in [1.29, 1.82) is 0 Å². The van der Waals surface area contributed by atoms with Crippen molar-refractivity contribution in [3.63, 3.8) is 0 Å². The Labute approximate surface area is 94.2 Å². The maximum atomic E-state index is 5.25. The number of hydrogen-bond donors (Lipinski definition) is 1. The second kappa shape index (κ2) is 5.56. The van der Waals surface area contributed by atoms with Gasteiger partial charge in [-0.15, -0.1) is 0 Å². The van der Waals surface area contributed by atoms with Crippen molar-refractivity contribution in [2.45, 2.75) is 33.2 Å². The summed E-state index contributed by atoms with van der Waals surface area (Å²) in [5, 5.41) is 3.52. The van der Waals surface area contributed by atoms with Gasteiger partial charge in [0.25, 0.3) is 0 Å². The lowest BCUT2D eigenvalue weighted by molar-refractivity contribution is 0.404. The summed E-state index contributed by atoms with van der Waals surface area (Å²) in [7, 11) is 0. The Balaban J connectivity index is 2.73. The smallest absolute Gasteiger partial charge is 0.173 e. The van der Waals surface area contributed by atoms with Crippen molar-refractivity contribution in [3.05, 3.63) is 22.6 Å². The largest absolute Gasteiger partial charge is 0.457 e. The van der Waals surface area contributed by atoms with Crippen LogP contribution in [0.25, 0.3) is 0 Å². The van der Waals surface area contributed by atoms with Gasteiger partial charge in [0.05, 0.1) is 6.26 Å². The monoisotopic (exact) mass is 259 g/mol. The minimum Gasteiger partial charge on any atom is -0.457 e. The van der Waals surface area contributed by atoms with E-state index in [0.29, 0.717) is 12.0 Å². The summed E-state index contributed by atoms with van der Waals surface area (Å²) in [6.45, 7) is 7.65. The number of furan rings is 1. The van der Waals surface area contributed by atoms with Gasteiger partial charge in [-0.1, -0.05) is 20.8 Å².